The van der Waals surface area contributed by atoms with E-state index in [1.165, 1.54) is 12.8 Å². The predicted molar refractivity (Wildman–Crippen MR) is 129 cm³/mol. The van der Waals surface area contributed by atoms with E-state index in [1.54, 1.807) is 0 Å². The molecule has 0 spiro atoms. The van der Waals surface area contributed by atoms with E-state index in [1.807, 2.05) is 6.92 Å². The molecule has 1 saturated heterocycles. The molecule has 0 aromatic rings. The van der Waals surface area contributed by atoms with Crippen LogP contribution < -0.4 is 10.6 Å². The molecule has 0 aromatic carbocycles. The minimum absolute atomic E-state index is 0. The second-order valence-electron chi connectivity index (χ2n) is 8.07. The van der Waals surface area contributed by atoms with Gasteiger partial charge in [-0.15, -0.1) is 24.0 Å². The van der Waals surface area contributed by atoms with Crippen molar-refractivity contribution < 1.29 is 9.84 Å². The van der Waals surface area contributed by atoms with E-state index in [0.717, 1.165) is 45.4 Å². The Hall–Kier alpha value is -0.160. The van der Waals surface area contributed by atoms with Crippen molar-refractivity contribution in [2.45, 2.75) is 52.2 Å². The van der Waals surface area contributed by atoms with Crippen LogP contribution in [-0.4, -0.2) is 99.1 Å². The molecule has 168 valence electrons. The van der Waals surface area contributed by atoms with Crippen LogP contribution in [0.2, 0.25) is 0 Å². The SMILES string of the molecule is CCNC(=NCC(C)(O)CN1CCOCC1)NCC(C(CC)CC)N(C)C.I. The number of likely N-dealkylation sites (N-methyl/N-ethyl adjacent to an activating group) is 1. The van der Waals surface area contributed by atoms with Crippen LogP contribution in [0.15, 0.2) is 4.99 Å². The zero-order valence-corrected chi connectivity index (χ0v) is 21.2. The molecule has 0 saturated carbocycles. The van der Waals surface area contributed by atoms with Crippen molar-refractivity contribution in [3.8, 4) is 0 Å². The number of halogens is 1. The Morgan fingerprint density at radius 1 is 1.18 bits per heavy atom. The molecular weight excluding hydrogens is 469 g/mol. The average molecular weight is 514 g/mol. The van der Waals surface area contributed by atoms with Crippen LogP contribution in [0.25, 0.3) is 0 Å². The maximum atomic E-state index is 10.8. The van der Waals surface area contributed by atoms with Crippen LogP contribution in [0.5, 0.6) is 0 Å². The molecule has 1 aliphatic rings. The smallest absolute Gasteiger partial charge is 0.191 e. The van der Waals surface area contributed by atoms with Crippen molar-refractivity contribution in [1.82, 2.24) is 20.4 Å². The normalized spacial score (nSPS) is 19.2. The lowest BCUT2D eigenvalue weighted by Crippen LogP contribution is -2.50. The number of aliphatic imine (C=N–C) groups is 1. The molecule has 0 aromatic heterocycles. The minimum Gasteiger partial charge on any atom is -0.387 e. The first-order valence-electron chi connectivity index (χ1n) is 10.5. The summed E-state index contributed by atoms with van der Waals surface area (Å²) in [5, 5.41) is 17.5. The van der Waals surface area contributed by atoms with Crippen molar-refractivity contribution in [1.29, 1.82) is 0 Å². The summed E-state index contributed by atoms with van der Waals surface area (Å²) >= 11 is 0. The number of hydrogen-bond acceptors (Lipinski definition) is 5. The number of rotatable bonds is 11. The Bertz CT molecular complexity index is 425. The maximum absolute atomic E-state index is 10.8. The van der Waals surface area contributed by atoms with Crippen molar-refractivity contribution in [2.24, 2.45) is 10.9 Å². The first-order chi connectivity index (χ1) is 12.8. The quantitative estimate of drug-likeness (QED) is 0.222. The van der Waals surface area contributed by atoms with E-state index in [4.69, 9.17) is 4.74 Å². The number of hydrogen-bond donors (Lipinski definition) is 3. The number of nitrogens with zero attached hydrogens (tertiary/aromatic N) is 3. The molecule has 1 rings (SSSR count). The summed E-state index contributed by atoms with van der Waals surface area (Å²) < 4.78 is 5.38. The fourth-order valence-corrected chi connectivity index (χ4v) is 3.69. The van der Waals surface area contributed by atoms with Gasteiger partial charge in [0.25, 0.3) is 0 Å². The van der Waals surface area contributed by atoms with E-state index in [9.17, 15) is 5.11 Å². The van der Waals surface area contributed by atoms with Crippen molar-refractivity contribution in [3.63, 3.8) is 0 Å². The summed E-state index contributed by atoms with van der Waals surface area (Å²) in [7, 11) is 4.28. The molecule has 3 N–H and O–H groups in total. The molecule has 28 heavy (non-hydrogen) atoms. The highest BCUT2D eigenvalue weighted by Gasteiger charge is 2.25. The lowest BCUT2D eigenvalue weighted by atomic mass is 9.93. The number of morpholine rings is 1. The molecule has 0 radical (unpaired) electrons. The second kappa shape index (κ2) is 14.8. The third-order valence-electron chi connectivity index (χ3n) is 5.32. The number of nitrogens with one attached hydrogen (secondary N) is 2. The highest BCUT2D eigenvalue weighted by molar-refractivity contribution is 14.0. The average Bonchev–Trinajstić information content (AvgIpc) is 2.63. The summed E-state index contributed by atoms with van der Waals surface area (Å²) in [4.78, 5) is 9.20. The van der Waals surface area contributed by atoms with Gasteiger partial charge in [-0.05, 0) is 33.9 Å². The number of β-amino-alcohol motifs (C(OH)–C–C–N with tert-alkyl or cyclic N) is 1. The van der Waals surface area contributed by atoms with Crippen LogP contribution in [0.4, 0.5) is 0 Å². The van der Waals surface area contributed by atoms with Gasteiger partial charge in [-0.2, -0.15) is 0 Å². The zero-order valence-electron chi connectivity index (χ0n) is 18.8. The van der Waals surface area contributed by atoms with Crippen LogP contribution in [0, 0.1) is 5.92 Å². The van der Waals surface area contributed by atoms with Gasteiger partial charge in [0, 0.05) is 38.8 Å². The lowest BCUT2D eigenvalue weighted by Gasteiger charge is -2.33. The molecular formula is C20H44IN5O2. The Morgan fingerprint density at radius 3 is 2.29 bits per heavy atom. The molecule has 1 aliphatic heterocycles. The van der Waals surface area contributed by atoms with Gasteiger partial charge in [0.05, 0.1) is 25.4 Å². The summed E-state index contributed by atoms with van der Waals surface area (Å²) in [6, 6.07) is 0.456. The molecule has 0 amide bonds. The largest absolute Gasteiger partial charge is 0.387 e. The van der Waals surface area contributed by atoms with Crippen molar-refractivity contribution in [3.05, 3.63) is 0 Å². The summed E-state index contributed by atoms with van der Waals surface area (Å²) in [6.07, 6.45) is 2.34. The van der Waals surface area contributed by atoms with Crippen molar-refractivity contribution >= 4 is 29.9 Å². The van der Waals surface area contributed by atoms with Crippen LogP contribution in [-0.2, 0) is 4.74 Å². The third kappa shape index (κ3) is 10.6. The van der Waals surface area contributed by atoms with E-state index >= 15 is 0 Å². The van der Waals surface area contributed by atoms with E-state index in [-0.39, 0.29) is 24.0 Å². The Balaban J connectivity index is 0.00000729. The van der Waals surface area contributed by atoms with Gasteiger partial charge in [0.15, 0.2) is 5.96 Å². The highest BCUT2D eigenvalue weighted by atomic mass is 127. The molecule has 8 heteroatoms. The third-order valence-corrected chi connectivity index (χ3v) is 5.32. The van der Waals surface area contributed by atoms with E-state index in [0.29, 0.717) is 25.0 Å². The van der Waals surface area contributed by atoms with Gasteiger partial charge in [-0.3, -0.25) is 9.89 Å². The van der Waals surface area contributed by atoms with Crippen molar-refractivity contribution in [2.75, 3.05) is 66.6 Å². The molecule has 7 nitrogen and oxygen atoms in total. The van der Waals surface area contributed by atoms with Gasteiger partial charge in [-0.25, -0.2) is 0 Å². The highest BCUT2D eigenvalue weighted by Crippen LogP contribution is 2.16. The molecule has 0 aliphatic carbocycles. The van der Waals surface area contributed by atoms with Crippen LogP contribution >= 0.6 is 24.0 Å². The van der Waals surface area contributed by atoms with E-state index in [2.05, 4.69) is 60.3 Å². The molecule has 1 fully saturated rings. The maximum Gasteiger partial charge on any atom is 0.191 e. The molecule has 1 heterocycles. The Morgan fingerprint density at radius 2 is 1.79 bits per heavy atom. The Kier molecular flexibility index (Phi) is 14.7. The van der Waals surface area contributed by atoms with Gasteiger partial charge in [0.2, 0.25) is 0 Å². The monoisotopic (exact) mass is 513 g/mol. The summed E-state index contributed by atoms with van der Waals surface area (Å²) in [6.45, 7) is 14.3. The second-order valence-corrected chi connectivity index (χ2v) is 8.07. The van der Waals surface area contributed by atoms with Gasteiger partial charge < -0.3 is 25.4 Å². The zero-order chi connectivity index (χ0) is 20.3. The number of guanidine groups is 1. The standard InChI is InChI=1S/C20H43N5O2.HI/c1-7-17(8-2)18(24(5)6)14-22-19(21-9-3)23-15-20(4,26)16-25-10-12-27-13-11-25;/h17-18,26H,7-16H2,1-6H3,(H2,21,22,23);1H. The number of ether oxygens (including phenoxy) is 1. The van der Waals surface area contributed by atoms with Crippen LogP contribution in [0.1, 0.15) is 40.5 Å². The summed E-state index contributed by atoms with van der Waals surface area (Å²) in [5.74, 6) is 1.43. The number of aliphatic hydroxyl groups is 1. The lowest BCUT2D eigenvalue weighted by molar-refractivity contribution is -0.0180. The van der Waals surface area contributed by atoms with Gasteiger partial charge in [0.1, 0.15) is 0 Å². The van der Waals surface area contributed by atoms with Crippen LogP contribution in [0.3, 0.4) is 0 Å². The molecule has 2 atom stereocenters. The fraction of sp³-hybridized carbons (Fsp3) is 0.950. The summed E-state index contributed by atoms with van der Waals surface area (Å²) in [5.41, 5.74) is -0.851. The molecule has 0 bridgehead atoms. The Labute approximate surface area is 189 Å². The molecule has 2 unspecified atom stereocenters. The minimum atomic E-state index is -0.851. The first-order valence-corrected chi connectivity index (χ1v) is 10.5. The first kappa shape index (κ1) is 27.8. The predicted octanol–water partition coefficient (Wildman–Crippen LogP) is 1.61. The topological polar surface area (TPSA) is 72.4 Å². The van der Waals surface area contributed by atoms with Gasteiger partial charge >= 0.3 is 0 Å². The van der Waals surface area contributed by atoms with E-state index < -0.39 is 5.60 Å². The fourth-order valence-electron chi connectivity index (χ4n) is 3.69. The van der Waals surface area contributed by atoms with Gasteiger partial charge in [-0.1, -0.05) is 26.7 Å².